The highest BCUT2D eigenvalue weighted by Gasteiger charge is 2.30. The molecule has 0 aliphatic carbocycles. The van der Waals surface area contributed by atoms with Crippen LogP contribution in [0.15, 0.2) is 5.38 Å². The molecule has 3 nitrogen and oxygen atoms in total. The van der Waals surface area contributed by atoms with Crippen LogP contribution in [0, 0.1) is 0 Å². The number of rotatable bonds is 4. The van der Waals surface area contributed by atoms with Gasteiger partial charge in [0, 0.05) is 17.5 Å². The second kappa shape index (κ2) is 5.46. The van der Waals surface area contributed by atoms with Gasteiger partial charge in [0.15, 0.2) is 0 Å². The molecule has 2 unspecified atom stereocenters. The summed E-state index contributed by atoms with van der Waals surface area (Å²) in [7, 11) is 1.99. The van der Waals surface area contributed by atoms with E-state index in [1.54, 1.807) is 0 Å². The van der Waals surface area contributed by atoms with Crippen molar-refractivity contribution in [3.63, 3.8) is 0 Å². The fourth-order valence-electron chi connectivity index (χ4n) is 2.47. The van der Waals surface area contributed by atoms with E-state index in [4.69, 9.17) is 4.98 Å². The quantitative estimate of drug-likeness (QED) is 0.894. The van der Waals surface area contributed by atoms with Gasteiger partial charge in [-0.25, -0.2) is 4.98 Å². The molecule has 0 spiro atoms. The number of likely N-dealkylation sites (tertiary alicyclic amines) is 1. The van der Waals surface area contributed by atoms with Crippen molar-refractivity contribution in [3.8, 4) is 0 Å². The first-order chi connectivity index (χ1) is 8.13. The summed E-state index contributed by atoms with van der Waals surface area (Å²) in [6.45, 7) is 7.94. The molecule has 2 rings (SSSR count). The minimum Gasteiger partial charge on any atom is -0.312 e. The maximum atomic E-state index is 4.81. The van der Waals surface area contributed by atoms with Crippen LogP contribution in [0.4, 0.5) is 0 Å². The molecule has 1 N–H and O–H groups in total. The molecule has 2 atom stereocenters. The average molecular weight is 253 g/mol. The van der Waals surface area contributed by atoms with Gasteiger partial charge in [0.2, 0.25) is 0 Å². The highest BCUT2D eigenvalue weighted by Crippen LogP contribution is 2.35. The van der Waals surface area contributed by atoms with Crippen molar-refractivity contribution in [2.75, 3.05) is 13.6 Å². The third kappa shape index (κ3) is 2.69. The molecule has 17 heavy (non-hydrogen) atoms. The van der Waals surface area contributed by atoms with Gasteiger partial charge in [0.1, 0.15) is 5.01 Å². The van der Waals surface area contributed by atoms with Crippen molar-refractivity contribution in [1.82, 2.24) is 15.2 Å². The molecule has 1 saturated heterocycles. The Labute approximate surface area is 108 Å². The van der Waals surface area contributed by atoms with Crippen LogP contribution in [0.25, 0.3) is 0 Å². The highest BCUT2D eigenvalue weighted by atomic mass is 32.1. The van der Waals surface area contributed by atoms with Crippen LogP contribution in [0.5, 0.6) is 0 Å². The van der Waals surface area contributed by atoms with Gasteiger partial charge in [-0.1, -0.05) is 0 Å². The summed E-state index contributed by atoms with van der Waals surface area (Å²) in [6, 6.07) is 1.53. The standard InChI is InChI=1S/C13H23N3S/c1-9(2)16-7-5-6-12(16)13-15-11(8-17-13)10(3)14-4/h8-10,12,14H,5-7H2,1-4H3. The second-order valence-corrected chi connectivity index (χ2v) is 6.00. The van der Waals surface area contributed by atoms with Gasteiger partial charge in [0.05, 0.1) is 11.7 Å². The molecule has 1 aromatic rings. The number of nitrogens with one attached hydrogen (secondary N) is 1. The lowest BCUT2D eigenvalue weighted by molar-refractivity contribution is 0.205. The normalized spacial score (nSPS) is 23.5. The Morgan fingerprint density at radius 3 is 2.88 bits per heavy atom. The van der Waals surface area contributed by atoms with Crippen molar-refractivity contribution in [3.05, 3.63) is 16.1 Å². The van der Waals surface area contributed by atoms with Gasteiger partial charge in [0.25, 0.3) is 0 Å². The minimum absolute atomic E-state index is 0.355. The summed E-state index contributed by atoms with van der Waals surface area (Å²) in [5.74, 6) is 0. The topological polar surface area (TPSA) is 28.2 Å². The lowest BCUT2D eigenvalue weighted by Crippen LogP contribution is -2.30. The summed E-state index contributed by atoms with van der Waals surface area (Å²) in [5, 5.41) is 6.75. The van der Waals surface area contributed by atoms with Gasteiger partial charge in [-0.05, 0) is 47.2 Å². The maximum Gasteiger partial charge on any atom is 0.110 e. The predicted octanol–water partition coefficient (Wildman–Crippen LogP) is 2.97. The van der Waals surface area contributed by atoms with Crippen molar-refractivity contribution in [2.45, 2.75) is 51.7 Å². The number of hydrogen-bond donors (Lipinski definition) is 1. The van der Waals surface area contributed by atoms with Gasteiger partial charge in [-0.2, -0.15) is 0 Å². The SMILES string of the molecule is CNC(C)c1csc(C2CCCN2C(C)C)n1. The van der Waals surface area contributed by atoms with Crippen molar-refractivity contribution >= 4 is 11.3 Å². The first-order valence-corrected chi connectivity index (χ1v) is 7.39. The summed E-state index contributed by atoms with van der Waals surface area (Å²) in [6.07, 6.45) is 2.57. The lowest BCUT2D eigenvalue weighted by atomic mass is 10.2. The third-order valence-corrected chi connectivity index (χ3v) is 4.62. The van der Waals surface area contributed by atoms with Crippen molar-refractivity contribution in [2.24, 2.45) is 0 Å². The minimum atomic E-state index is 0.355. The molecule has 2 heterocycles. The van der Waals surface area contributed by atoms with Gasteiger partial charge < -0.3 is 5.32 Å². The van der Waals surface area contributed by atoms with E-state index in [9.17, 15) is 0 Å². The summed E-state index contributed by atoms with van der Waals surface area (Å²) < 4.78 is 0. The fraction of sp³-hybridized carbons (Fsp3) is 0.769. The predicted molar refractivity (Wildman–Crippen MR) is 73.4 cm³/mol. The Kier molecular flexibility index (Phi) is 4.17. The maximum absolute atomic E-state index is 4.81. The largest absolute Gasteiger partial charge is 0.312 e. The van der Waals surface area contributed by atoms with E-state index < -0.39 is 0 Å². The third-order valence-electron chi connectivity index (χ3n) is 3.66. The first-order valence-electron chi connectivity index (χ1n) is 6.51. The molecule has 0 saturated carbocycles. The van der Waals surface area contributed by atoms with Gasteiger partial charge >= 0.3 is 0 Å². The van der Waals surface area contributed by atoms with Gasteiger partial charge in [-0.15, -0.1) is 11.3 Å². The molecule has 1 aromatic heterocycles. The van der Waals surface area contributed by atoms with E-state index in [2.05, 4.69) is 36.4 Å². The zero-order valence-corrected chi connectivity index (χ0v) is 12.0. The Balaban J connectivity index is 2.14. The highest BCUT2D eigenvalue weighted by molar-refractivity contribution is 7.09. The molecule has 0 bridgehead atoms. The summed E-state index contributed by atoms with van der Waals surface area (Å²) in [4.78, 5) is 7.39. The van der Waals surface area contributed by atoms with Crippen LogP contribution < -0.4 is 5.32 Å². The fourth-order valence-corrected chi connectivity index (χ4v) is 3.54. The zero-order chi connectivity index (χ0) is 12.4. The Morgan fingerprint density at radius 2 is 2.24 bits per heavy atom. The summed E-state index contributed by atoms with van der Waals surface area (Å²) >= 11 is 1.82. The van der Waals surface area contributed by atoms with Crippen LogP contribution in [-0.4, -0.2) is 29.5 Å². The molecule has 0 aromatic carbocycles. The molecular weight excluding hydrogens is 230 g/mol. The number of aromatic nitrogens is 1. The number of nitrogens with zero attached hydrogens (tertiary/aromatic N) is 2. The first kappa shape index (κ1) is 13.0. The second-order valence-electron chi connectivity index (χ2n) is 5.11. The van der Waals surface area contributed by atoms with Crippen molar-refractivity contribution < 1.29 is 0 Å². The van der Waals surface area contributed by atoms with Gasteiger partial charge in [-0.3, -0.25) is 4.90 Å². The number of thiazole rings is 1. The van der Waals surface area contributed by atoms with Crippen LogP contribution in [-0.2, 0) is 0 Å². The van der Waals surface area contributed by atoms with Crippen LogP contribution >= 0.6 is 11.3 Å². The average Bonchev–Trinajstić information content (AvgIpc) is 2.95. The van der Waals surface area contributed by atoms with E-state index >= 15 is 0 Å². The molecule has 1 fully saturated rings. The summed E-state index contributed by atoms with van der Waals surface area (Å²) in [5.41, 5.74) is 1.18. The van der Waals surface area contributed by atoms with E-state index in [-0.39, 0.29) is 0 Å². The van der Waals surface area contributed by atoms with E-state index in [0.717, 1.165) is 0 Å². The Bertz CT molecular complexity index is 361. The molecular formula is C13H23N3S. The monoisotopic (exact) mass is 253 g/mol. The Hall–Kier alpha value is -0.450. The van der Waals surface area contributed by atoms with E-state index in [1.807, 2.05) is 18.4 Å². The van der Waals surface area contributed by atoms with Crippen LogP contribution in [0.3, 0.4) is 0 Å². The van der Waals surface area contributed by atoms with Crippen LogP contribution in [0.1, 0.15) is 56.4 Å². The smallest absolute Gasteiger partial charge is 0.110 e. The molecule has 4 heteroatoms. The number of hydrogen-bond acceptors (Lipinski definition) is 4. The lowest BCUT2D eigenvalue weighted by Gasteiger charge is -2.26. The van der Waals surface area contributed by atoms with E-state index in [1.165, 1.54) is 30.1 Å². The van der Waals surface area contributed by atoms with Crippen LogP contribution in [0.2, 0.25) is 0 Å². The Morgan fingerprint density at radius 1 is 1.47 bits per heavy atom. The zero-order valence-electron chi connectivity index (χ0n) is 11.2. The molecule has 1 aliphatic heterocycles. The molecule has 0 radical (unpaired) electrons. The molecule has 0 amide bonds. The molecule has 1 aliphatic rings. The molecule has 96 valence electrons. The van der Waals surface area contributed by atoms with E-state index in [0.29, 0.717) is 18.1 Å². The van der Waals surface area contributed by atoms with Crippen molar-refractivity contribution in [1.29, 1.82) is 0 Å².